The lowest BCUT2D eigenvalue weighted by Crippen LogP contribution is -2.44. The molecule has 1 unspecified atom stereocenters. The van der Waals surface area contributed by atoms with Crippen LogP contribution in [0.3, 0.4) is 0 Å². The first-order chi connectivity index (χ1) is 15.0. The van der Waals surface area contributed by atoms with Crippen LogP contribution in [-0.4, -0.2) is 47.0 Å². The Morgan fingerprint density at radius 2 is 1.78 bits per heavy atom. The van der Waals surface area contributed by atoms with E-state index in [4.69, 9.17) is 18.6 Å². The van der Waals surface area contributed by atoms with Gasteiger partial charge in [0.1, 0.15) is 0 Å². The second-order valence-corrected chi connectivity index (χ2v) is 16.4. The summed E-state index contributed by atoms with van der Waals surface area (Å²) in [6, 6.07) is 0. The van der Waals surface area contributed by atoms with Crippen molar-refractivity contribution in [2.45, 2.75) is 122 Å². The Hall–Kier alpha value is -0.433. The van der Waals surface area contributed by atoms with Crippen LogP contribution in [-0.2, 0) is 23.4 Å². The molecule has 5 atom stereocenters. The molecule has 1 saturated heterocycles. The number of carbonyl (C=O) groups is 1. The summed E-state index contributed by atoms with van der Waals surface area (Å²) in [5.74, 6) is 1.63. The molecule has 0 amide bonds. The van der Waals surface area contributed by atoms with Gasteiger partial charge in [-0.15, -0.1) is 0 Å². The van der Waals surface area contributed by atoms with Crippen molar-refractivity contribution in [2.24, 2.45) is 17.8 Å². The van der Waals surface area contributed by atoms with Crippen LogP contribution in [0.15, 0.2) is 0 Å². The average molecular weight is 471 g/mol. The van der Waals surface area contributed by atoms with Crippen molar-refractivity contribution in [3.63, 3.8) is 0 Å². The van der Waals surface area contributed by atoms with E-state index in [1.165, 1.54) is 32.8 Å². The number of unbranched alkanes of at least 4 members (excludes halogenated alkanes) is 3. The minimum Gasteiger partial charge on any atom is -0.469 e. The van der Waals surface area contributed by atoms with Gasteiger partial charge in [0.2, 0.25) is 0 Å². The van der Waals surface area contributed by atoms with E-state index in [1.54, 1.807) is 0 Å². The summed E-state index contributed by atoms with van der Waals surface area (Å²) in [7, 11) is -0.335. The zero-order valence-electron chi connectivity index (χ0n) is 21.9. The minimum atomic E-state index is -1.80. The van der Waals surface area contributed by atoms with Crippen molar-refractivity contribution < 1.29 is 23.4 Å². The average Bonchev–Trinajstić information content (AvgIpc) is 3.02. The second-order valence-electron chi connectivity index (χ2n) is 11.6. The van der Waals surface area contributed by atoms with E-state index in [0.29, 0.717) is 24.2 Å². The number of hydrogen-bond donors (Lipinski definition) is 0. The molecule has 0 aromatic heterocycles. The normalized spacial score (nSPS) is 29.3. The molecular weight excluding hydrogens is 420 g/mol. The van der Waals surface area contributed by atoms with Crippen LogP contribution < -0.4 is 0 Å². The molecule has 6 heteroatoms. The molecule has 0 radical (unpaired) electrons. The zero-order chi connectivity index (χ0) is 23.8. The zero-order valence-corrected chi connectivity index (χ0v) is 22.9. The molecule has 2 aliphatic rings. The quantitative estimate of drug-likeness (QED) is 0.180. The van der Waals surface area contributed by atoms with Crippen molar-refractivity contribution in [3.8, 4) is 0 Å². The molecule has 1 saturated carbocycles. The predicted molar refractivity (Wildman–Crippen MR) is 132 cm³/mol. The number of esters is 1. The SMILES string of the molecule is COC(=O)CCCCCC[C@@H]1[C@@H](CO[Si](C)(C)C(C)(C)C)[C@H](OC2CCCCO2)C[C@@H]1C. The summed E-state index contributed by atoms with van der Waals surface area (Å²) in [6.07, 6.45) is 10.8. The first-order valence-electron chi connectivity index (χ1n) is 13.0. The Kier molecular flexibility index (Phi) is 11.2. The first kappa shape index (κ1) is 27.8. The lowest BCUT2D eigenvalue weighted by Gasteiger charge is -2.39. The fourth-order valence-corrected chi connectivity index (χ4v) is 5.98. The molecule has 1 aliphatic carbocycles. The molecule has 1 aliphatic heterocycles. The molecular formula is C26H50O5Si. The van der Waals surface area contributed by atoms with E-state index in [1.807, 2.05) is 0 Å². The van der Waals surface area contributed by atoms with Gasteiger partial charge in [-0.05, 0) is 68.5 Å². The van der Waals surface area contributed by atoms with Gasteiger partial charge in [-0.25, -0.2) is 0 Å². The van der Waals surface area contributed by atoms with E-state index >= 15 is 0 Å². The summed E-state index contributed by atoms with van der Waals surface area (Å²) in [4.78, 5) is 11.3. The third kappa shape index (κ3) is 8.41. The highest BCUT2D eigenvalue weighted by molar-refractivity contribution is 6.74. The van der Waals surface area contributed by atoms with E-state index in [2.05, 4.69) is 40.8 Å². The molecule has 0 N–H and O–H groups in total. The van der Waals surface area contributed by atoms with Gasteiger partial charge in [-0.3, -0.25) is 4.79 Å². The predicted octanol–water partition coefficient (Wildman–Crippen LogP) is 6.71. The highest BCUT2D eigenvalue weighted by Crippen LogP contribution is 2.45. The van der Waals surface area contributed by atoms with Crippen LogP contribution in [0.25, 0.3) is 0 Å². The standard InChI is InChI=1S/C26H50O5Si/c1-20-18-23(31-25-16-12-13-17-29-25)22(19-30-32(6,7)26(2,3)4)21(20)14-10-8-9-11-15-24(27)28-5/h20-23,25H,8-19H2,1-7H3/t20-,21-,22+,23+,25?/m0/s1. The molecule has 188 valence electrons. The molecule has 1 heterocycles. The fraction of sp³-hybridized carbons (Fsp3) is 0.962. The highest BCUT2D eigenvalue weighted by atomic mass is 28.4. The van der Waals surface area contributed by atoms with Gasteiger partial charge >= 0.3 is 5.97 Å². The molecule has 2 fully saturated rings. The number of rotatable bonds is 12. The van der Waals surface area contributed by atoms with E-state index in [-0.39, 0.29) is 23.4 Å². The minimum absolute atomic E-state index is 0.0339. The van der Waals surface area contributed by atoms with Crippen molar-refractivity contribution in [3.05, 3.63) is 0 Å². The summed E-state index contributed by atoms with van der Waals surface area (Å²) < 4.78 is 24.0. The van der Waals surface area contributed by atoms with Gasteiger partial charge in [0.05, 0.1) is 13.2 Å². The Balaban J connectivity index is 1.94. The largest absolute Gasteiger partial charge is 0.469 e. The molecule has 0 spiro atoms. The van der Waals surface area contributed by atoms with Crippen molar-refractivity contribution in [1.29, 1.82) is 0 Å². The third-order valence-electron chi connectivity index (χ3n) is 8.17. The van der Waals surface area contributed by atoms with Crippen molar-refractivity contribution in [2.75, 3.05) is 20.3 Å². The maximum atomic E-state index is 11.3. The first-order valence-corrected chi connectivity index (χ1v) is 15.9. The molecule has 0 aromatic carbocycles. The monoisotopic (exact) mass is 470 g/mol. The van der Waals surface area contributed by atoms with Gasteiger partial charge in [0.25, 0.3) is 0 Å². The van der Waals surface area contributed by atoms with Crippen LogP contribution in [0.1, 0.15) is 91.9 Å². The van der Waals surface area contributed by atoms with Crippen LogP contribution >= 0.6 is 0 Å². The van der Waals surface area contributed by atoms with Gasteiger partial charge < -0.3 is 18.6 Å². The van der Waals surface area contributed by atoms with Crippen molar-refractivity contribution >= 4 is 14.3 Å². The topological polar surface area (TPSA) is 54.0 Å². The number of methoxy groups -OCH3 is 1. The van der Waals surface area contributed by atoms with E-state index in [9.17, 15) is 4.79 Å². The maximum Gasteiger partial charge on any atom is 0.305 e. The summed E-state index contributed by atoms with van der Waals surface area (Å²) in [5, 5.41) is 0.217. The van der Waals surface area contributed by atoms with Crippen LogP contribution in [0, 0.1) is 17.8 Å². The summed E-state index contributed by atoms with van der Waals surface area (Å²) >= 11 is 0. The third-order valence-corrected chi connectivity index (χ3v) is 12.7. The number of carbonyl (C=O) groups excluding carboxylic acids is 1. The van der Waals surface area contributed by atoms with Gasteiger partial charge in [0.15, 0.2) is 14.6 Å². The number of ether oxygens (including phenoxy) is 3. The smallest absolute Gasteiger partial charge is 0.305 e. The molecule has 5 nitrogen and oxygen atoms in total. The van der Waals surface area contributed by atoms with Gasteiger partial charge in [-0.1, -0.05) is 47.0 Å². The second kappa shape index (κ2) is 12.9. The van der Waals surface area contributed by atoms with E-state index < -0.39 is 8.32 Å². The molecule has 0 aromatic rings. The van der Waals surface area contributed by atoms with E-state index in [0.717, 1.165) is 45.3 Å². The lowest BCUT2D eigenvalue weighted by atomic mass is 9.85. The van der Waals surface area contributed by atoms with Gasteiger partial charge in [-0.2, -0.15) is 0 Å². The lowest BCUT2D eigenvalue weighted by molar-refractivity contribution is -0.197. The summed E-state index contributed by atoms with van der Waals surface area (Å²) in [5.41, 5.74) is 0. The summed E-state index contributed by atoms with van der Waals surface area (Å²) in [6.45, 7) is 15.7. The Bertz CT molecular complexity index is 553. The Morgan fingerprint density at radius 3 is 2.41 bits per heavy atom. The molecule has 0 bridgehead atoms. The maximum absolute atomic E-state index is 11.3. The van der Waals surface area contributed by atoms with Crippen molar-refractivity contribution in [1.82, 2.24) is 0 Å². The van der Waals surface area contributed by atoms with Gasteiger partial charge in [0, 0.05) is 25.6 Å². The van der Waals surface area contributed by atoms with Crippen LogP contribution in [0.5, 0.6) is 0 Å². The Labute approximate surface area is 198 Å². The number of hydrogen-bond acceptors (Lipinski definition) is 5. The molecule has 32 heavy (non-hydrogen) atoms. The Morgan fingerprint density at radius 1 is 1.06 bits per heavy atom. The highest BCUT2D eigenvalue weighted by Gasteiger charge is 2.45. The van der Waals surface area contributed by atoms with Crippen LogP contribution in [0.2, 0.25) is 18.1 Å². The fourth-order valence-electron chi connectivity index (χ4n) is 4.94. The molecule has 2 rings (SSSR count). The van der Waals surface area contributed by atoms with Crippen LogP contribution in [0.4, 0.5) is 0 Å².